The fourth-order valence-corrected chi connectivity index (χ4v) is 3.82. The molecule has 0 saturated heterocycles. The molecular weight excluding hydrogens is 336 g/mol. The summed E-state index contributed by atoms with van der Waals surface area (Å²) in [6.45, 7) is 4.39. The Morgan fingerprint density at radius 3 is 2.48 bits per heavy atom. The van der Waals surface area contributed by atoms with Crippen LogP contribution in [0.1, 0.15) is 62.6 Å². The molecule has 1 saturated carbocycles. The molecule has 1 fully saturated rings. The lowest BCUT2D eigenvalue weighted by Crippen LogP contribution is -2.25. The molecule has 0 bridgehead atoms. The van der Waals surface area contributed by atoms with Gasteiger partial charge in [0.2, 0.25) is 0 Å². The van der Waals surface area contributed by atoms with Crippen molar-refractivity contribution >= 4 is 22.8 Å². The second-order valence-corrected chi connectivity index (χ2v) is 7.93. The monoisotopic (exact) mass is 364 g/mol. The Kier molecular flexibility index (Phi) is 4.74. The Bertz CT molecular complexity index is 920. The van der Waals surface area contributed by atoms with Gasteiger partial charge in [0.25, 0.3) is 0 Å². The van der Waals surface area contributed by atoms with Gasteiger partial charge < -0.3 is 16.8 Å². The maximum atomic E-state index is 6.04. The summed E-state index contributed by atoms with van der Waals surface area (Å²) < 4.78 is 1.80. The van der Waals surface area contributed by atoms with E-state index in [2.05, 4.69) is 48.5 Å². The number of hydrogen-bond acceptors (Lipinski definition) is 5. The van der Waals surface area contributed by atoms with E-state index in [0.717, 1.165) is 48.4 Å². The zero-order valence-corrected chi connectivity index (χ0v) is 16.0. The highest BCUT2D eigenvalue weighted by atomic mass is 15.3. The molecule has 2 heterocycles. The van der Waals surface area contributed by atoms with Gasteiger partial charge in [0, 0.05) is 23.7 Å². The summed E-state index contributed by atoms with van der Waals surface area (Å²) in [5, 5.41) is 7.87. The van der Waals surface area contributed by atoms with Crippen molar-refractivity contribution in [2.45, 2.75) is 57.4 Å². The maximum Gasteiger partial charge on any atom is 0.177 e. The zero-order chi connectivity index (χ0) is 19.0. The van der Waals surface area contributed by atoms with E-state index in [1.54, 1.807) is 4.52 Å². The van der Waals surface area contributed by atoms with E-state index in [1.807, 2.05) is 12.3 Å². The first-order valence-electron chi connectivity index (χ1n) is 9.78. The lowest BCUT2D eigenvalue weighted by atomic mass is 9.85. The lowest BCUT2D eigenvalue weighted by molar-refractivity contribution is 0.391. The first kappa shape index (κ1) is 17.8. The predicted octanol–water partition coefficient (Wildman–Crippen LogP) is 4.16. The molecule has 1 aromatic carbocycles. The van der Waals surface area contributed by atoms with Crippen molar-refractivity contribution in [2.24, 2.45) is 5.73 Å². The summed E-state index contributed by atoms with van der Waals surface area (Å²) in [4.78, 5) is 4.89. The summed E-state index contributed by atoms with van der Waals surface area (Å²) in [5.41, 5.74) is 17.2. The van der Waals surface area contributed by atoms with Crippen LogP contribution in [-0.4, -0.2) is 20.6 Å². The van der Waals surface area contributed by atoms with Gasteiger partial charge in [-0.1, -0.05) is 26.0 Å². The number of anilines is 3. The van der Waals surface area contributed by atoms with Crippen LogP contribution < -0.4 is 16.8 Å². The van der Waals surface area contributed by atoms with Crippen LogP contribution in [0.4, 0.5) is 17.2 Å². The number of rotatable bonds is 4. The van der Waals surface area contributed by atoms with Crippen LogP contribution in [0.2, 0.25) is 0 Å². The van der Waals surface area contributed by atoms with Crippen molar-refractivity contribution in [3.8, 4) is 0 Å². The molecule has 0 atom stereocenters. The van der Waals surface area contributed by atoms with E-state index in [-0.39, 0.29) is 0 Å². The first-order chi connectivity index (χ1) is 13.0. The van der Waals surface area contributed by atoms with Gasteiger partial charge in [0.15, 0.2) is 5.65 Å². The van der Waals surface area contributed by atoms with Gasteiger partial charge in [0.1, 0.15) is 5.82 Å². The molecule has 0 unspecified atom stereocenters. The first-order valence-corrected chi connectivity index (χ1v) is 9.78. The van der Waals surface area contributed by atoms with Crippen molar-refractivity contribution in [1.29, 1.82) is 0 Å². The van der Waals surface area contributed by atoms with Gasteiger partial charge in [-0.15, -0.1) is 5.10 Å². The molecule has 2 aromatic heterocycles. The molecule has 5 N–H and O–H groups in total. The van der Waals surface area contributed by atoms with Gasteiger partial charge in [-0.3, -0.25) is 0 Å². The number of fused-ring (bicyclic) bond motifs is 1. The minimum atomic E-state index is 0.332. The van der Waals surface area contributed by atoms with Crippen molar-refractivity contribution in [2.75, 3.05) is 11.1 Å². The number of aromatic nitrogens is 3. The minimum absolute atomic E-state index is 0.332. The van der Waals surface area contributed by atoms with Crippen LogP contribution in [0.5, 0.6) is 0 Å². The van der Waals surface area contributed by atoms with Crippen molar-refractivity contribution in [3.05, 3.63) is 47.8 Å². The van der Waals surface area contributed by atoms with E-state index in [9.17, 15) is 0 Å². The Balaban J connectivity index is 1.63. The van der Waals surface area contributed by atoms with E-state index in [4.69, 9.17) is 16.5 Å². The fraction of sp³-hybridized carbons (Fsp3) is 0.429. The van der Waals surface area contributed by atoms with Crippen LogP contribution in [-0.2, 0) is 0 Å². The number of hydrogen-bond donors (Lipinski definition) is 3. The molecule has 0 radical (unpaired) electrons. The van der Waals surface area contributed by atoms with Gasteiger partial charge in [-0.2, -0.15) is 0 Å². The van der Waals surface area contributed by atoms with Crippen molar-refractivity contribution < 1.29 is 0 Å². The number of imidazole rings is 1. The van der Waals surface area contributed by atoms with Crippen molar-refractivity contribution in [1.82, 2.24) is 14.6 Å². The summed E-state index contributed by atoms with van der Waals surface area (Å²) in [7, 11) is 0. The van der Waals surface area contributed by atoms with Crippen LogP contribution in [0, 0.1) is 0 Å². The highest BCUT2D eigenvalue weighted by Gasteiger charge is 2.23. The average Bonchev–Trinajstić information content (AvgIpc) is 3.07. The van der Waals surface area contributed by atoms with Crippen molar-refractivity contribution in [3.63, 3.8) is 0 Å². The topological polar surface area (TPSA) is 94.3 Å². The van der Waals surface area contributed by atoms with Crippen LogP contribution in [0.15, 0.2) is 36.5 Å². The van der Waals surface area contributed by atoms with E-state index in [0.29, 0.717) is 23.7 Å². The molecule has 0 amide bonds. The quantitative estimate of drug-likeness (QED) is 0.646. The number of nitrogens with two attached hydrogens (primary N) is 2. The van der Waals surface area contributed by atoms with E-state index < -0.39 is 0 Å². The van der Waals surface area contributed by atoms with Crippen LogP contribution in [0.3, 0.4) is 0 Å². The van der Waals surface area contributed by atoms with Gasteiger partial charge in [-0.05, 0) is 49.3 Å². The molecule has 1 aliphatic carbocycles. The smallest absolute Gasteiger partial charge is 0.177 e. The van der Waals surface area contributed by atoms with Gasteiger partial charge >= 0.3 is 0 Å². The fourth-order valence-electron chi connectivity index (χ4n) is 3.82. The number of nitrogen functional groups attached to an aromatic ring is 1. The summed E-state index contributed by atoms with van der Waals surface area (Å²) >= 11 is 0. The molecule has 142 valence electrons. The Morgan fingerprint density at radius 2 is 1.81 bits per heavy atom. The highest BCUT2D eigenvalue weighted by molar-refractivity contribution is 5.75. The molecule has 4 rings (SSSR count). The molecule has 0 spiro atoms. The third-order valence-corrected chi connectivity index (χ3v) is 5.51. The average molecular weight is 364 g/mol. The van der Waals surface area contributed by atoms with Gasteiger partial charge in [0.05, 0.1) is 17.6 Å². The lowest BCUT2D eigenvalue weighted by Gasteiger charge is -2.24. The maximum absolute atomic E-state index is 6.04. The molecule has 0 aliphatic heterocycles. The molecule has 1 aliphatic rings. The largest absolute Gasteiger partial charge is 0.382 e. The Labute approximate surface area is 160 Å². The van der Waals surface area contributed by atoms with Crippen LogP contribution >= 0.6 is 0 Å². The molecule has 6 nitrogen and oxygen atoms in total. The molecular formula is C21H28N6. The van der Waals surface area contributed by atoms with Gasteiger partial charge in [-0.25, -0.2) is 9.50 Å². The van der Waals surface area contributed by atoms with E-state index >= 15 is 0 Å². The third kappa shape index (κ3) is 3.76. The third-order valence-electron chi connectivity index (χ3n) is 5.51. The van der Waals surface area contributed by atoms with E-state index in [1.165, 1.54) is 5.56 Å². The number of nitrogens with zero attached hydrogens (tertiary/aromatic N) is 3. The normalized spacial score (nSPS) is 20.3. The molecule has 27 heavy (non-hydrogen) atoms. The summed E-state index contributed by atoms with van der Waals surface area (Å²) in [5.74, 6) is 1.44. The molecule has 3 aromatic rings. The van der Waals surface area contributed by atoms with Crippen LogP contribution in [0.25, 0.3) is 5.65 Å². The number of nitrogens with one attached hydrogen (secondary N) is 1. The Hall–Kier alpha value is -2.60. The molecule has 6 heteroatoms. The minimum Gasteiger partial charge on any atom is -0.382 e. The zero-order valence-electron chi connectivity index (χ0n) is 16.0. The SMILES string of the molecule is CC(C)c1ccc(Nc2cc(N)nn3cc([C@H]4CC[C@H](N)CC4)nc23)cc1. The second kappa shape index (κ2) is 7.19. The Morgan fingerprint density at radius 1 is 1.11 bits per heavy atom. The standard InChI is InChI=1S/C21H28N6/c1-13(2)14-5-9-17(10-6-14)24-18-11-20(23)26-27-12-19(25-21(18)27)15-3-7-16(22)8-4-15/h5-6,9-13,15-16,24H,3-4,7-8,22H2,1-2H3,(H2,23,26)/t15-,16-. The highest BCUT2D eigenvalue weighted by Crippen LogP contribution is 2.33. The predicted molar refractivity (Wildman–Crippen MR) is 110 cm³/mol. The number of benzene rings is 1. The summed E-state index contributed by atoms with van der Waals surface area (Å²) in [6.07, 6.45) is 6.29. The summed E-state index contributed by atoms with van der Waals surface area (Å²) in [6, 6.07) is 10.7. The second-order valence-electron chi connectivity index (χ2n) is 7.93.